The summed E-state index contributed by atoms with van der Waals surface area (Å²) in [5, 5.41) is -0.455. The summed E-state index contributed by atoms with van der Waals surface area (Å²) in [6, 6.07) is 0. The van der Waals surface area contributed by atoms with E-state index in [9.17, 15) is 4.79 Å². The van der Waals surface area contributed by atoms with E-state index in [4.69, 9.17) is 17.3 Å². The van der Waals surface area contributed by atoms with E-state index in [-0.39, 0.29) is 0 Å². The maximum absolute atomic E-state index is 10.9. The molecule has 0 aromatic carbocycles. The first kappa shape index (κ1) is 13.9. The average molecular weight is 226 g/mol. The van der Waals surface area contributed by atoms with Gasteiger partial charge >= 0.3 is 0 Å². The van der Waals surface area contributed by atoms with Gasteiger partial charge in [-0.15, -0.1) is 0 Å². The summed E-state index contributed by atoms with van der Waals surface area (Å²) < 4.78 is 0. The quantitative estimate of drug-likeness (QED) is 0.429. The fraction of sp³-hybridized carbons (Fsp3) is 0.250. The molecule has 0 radical (unpaired) electrons. The van der Waals surface area contributed by atoms with Crippen molar-refractivity contribution in [2.45, 2.75) is 13.3 Å². The molecule has 0 fully saturated rings. The Balaban J connectivity index is 4.27. The van der Waals surface area contributed by atoms with Crippen LogP contribution in [0.4, 0.5) is 0 Å². The fourth-order valence-electron chi connectivity index (χ4n) is 0.861. The van der Waals surface area contributed by atoms with Crippen molar-refractivity contribution in [3.05, 3.63) is 48.1 Å². The highest BCUT2D eigenvalue weighted by Gasteiger charge is 1.98. The molecule has 0 saturated heterocycles. The van der Waals surface area contributed by atoms with E-state index in [2.05, 4.69) is 0 Å². The molecule has 82 valence electrons. The van der Waals surface area contributed by atoms with Crippen molar-refractivity contribution in [3.63, 3.8) is 0 Å². The van der Waals surface area contributed by atoms with Crippen LogP contribution in [-0.2, 0) is 4.79 Å². The number of nitrogens with two attached hydrogens (primary N) is 1. The molecule has 0 aliphatic carbocycles. The minimum absolute atomic E-state index is 0.455. The van der Waals surface area contributed by atoms with Gasteiger partial charge in [0.2, 0.25) is 0 Å². The van der Waals surface area contributed by atoms with Gasteiger partial charge in [-0.25, -0.2) is 0 Å². The Kier molecular flexibility index (Phi) is 8.73. The molecule has 0 atom stereocenters. The normalized spacial score (nSPS) is 13.4. The minimum atomic E-state index is -0.455. The zero-order chi connectivity index (χ0) is 11.5. The van der Waals surface area contributed by atoms with Crippen molar-refractivity contribution in [2.75, 3.05) is 6.54 Å². The van der Waals surface area contributed by atoms with E-state index in [0.29, 0.717) is 12.1 Å². The van der Waals surface area contributed by atoms with Gasteiger partial charge in [-0.3, -0.25) is 4.79 Å². The lowest BCUT2D eigenvalue weighted by molar-refractivity contribution is -0.108. The molecule has 0 aliphatic heterocycles. The third-order valence-corrected chi connectivity index (χ3v) is 1.76. The van der Waals surface area contributed by atoms with Gasteiger partial charge in [0.15, 0.2) is 0 Å². The Hall–Kier alpha value is -1.12. The van der Waals surface area contributed by atoms with Crippen molar-refractivity contribution in [1.82, 2.24) is 0 Å². The van der Waals surface area contributed by atoms with Crippen LogP contribution in [0.3, 0.4) is 0 Å². The number of hydrogen-bond donors (Lipinski definition) is 1. The second-order valence-electron chi connectivity index (χ2n) is 2.79. The van der Waals surface area contributed by atoms with Crippen LogP contribution >= 0.6 is 11.6 Å². The number of rotatable bonds is 6. The maximum atomic E-state index is 10.9. The first-order valence-electron chi connectivity index (χ1n) is 4.78. The Morgan fingerprint density at radius 1 is 1.33 bits per heavy atom. The third kappa shape index (κ3) is 7.91. The van der Waals surface area contributed by atoms with Gasteiger partial charge < -0.3 is 5.73 Å². The molecule has 0 saturated carbocycles. The molecule has 0 rings (SSSR count). The van der Waals surface area contributed by atoms with Crippen LogP contribution in [0.1, 0.15) is 13.3 Å². The van der Waals surface area contributed by atoms with E-state index in [0.717, 1.165) is 6.42 Å². The second-order valence-corrected chi connectivity index (χ2v) is 3.13. The van der Waals surface area contributed by atoms with Crippen molar-refractivity contribution in [2.24, 2.45) is 5.73 Å². The molecule has 2 nitrogen and oxygen atoms in total. The monoisotopic (exact) mass is 225 g/mol. The van der Waals surface area contributed by atoms with Crippen molar-refractivity contribution < 1.29 is 4.79 Å². The van der Waals surface area contributed by atoms with E-state index in [1.54, 1.807) is 24.3 Å². The fourth-order valence-corrected chi connectivity index (χ4v) is 0.987. The molecule has 3 heteroatoms. The molecular formula is C12H16ClNO. The predicted molar refractivity (Wildman–Crippen MR) is 65.7 cm³/mol. The number of carbonyl (C=O) groups is 1. The van der Waals surface area contributed by atoms with Gasteiger partial charge in [0.25, 0.3) is 5.24 Å². The van der Waals surface area contributed by atoms with Gasteiger partial charge in [0, 0.05) is 5.57 Å². The molecule has 0 aromatic heterocycles. The lowest BCUT2D eigenvalue weighted by Crippen LogP contribution is -1.94. The number of hydrogen-bond acceptors (Lipinski definition) is 2. The maximum Gasteiger partial charge on any atom is 0.252 e. The van der Waals surface area contributed by atoms with Crippen LogP contribution in [0.25, 0.3) is 0 Å². The van der Waals surface area contributed by atoms with Gasteiger partial charge in [-0.05, 0) is 31.5 Å². The molecule has 0 heterocycles. The topological polar surface area (TPSA) is 43.1 Å². The highest BCUT2D eigenvalue weighted by molar-refractivity contribution is 6.68. The lowest BCUT2D eigenvalue weighted by atomic mass is 10.2. The van der Waals surface area contributed by atoms with Crippen LogP contribution in [0.2, 0.25) is 0 Å². The molecular weight excluding hydrogens is 210 g/mol. The summed E-state index contributed by atoms with van der Waals surface area (Å²) in [5.41, 5.74) is 5.79. The van der Waals surface area contributed by atoms with Crippen molar-refractivity contribution in [1.29, 1.82) is 0 Å². The van der Waals surface area contributed by atoms with Crippen molar-refractivity contribution in [3.8, 4) is 0 Å². The summed E-state index contributed by atoms with van der Waals surface area (Å²) in [4.78, 5) is 10.9. The van der Waals surface area contributed by atoms with Gasteiger partial charge in [-0.1, -0.05) is 42.5 Å². The Labute approximate surface area is 95.8 Å². The molecule has 0 aliphatic rings. The standard InChI is InChI=1S/C12H16ClNO/c1-2-8-11(12(13)15)9-6-4-3-5-7-10-14/h2-6,8-9H,7,10,14H2,1H3. The average Bonchev–Trinajstić information content (AvgIpc) is 2.21. The Morgan fingerprint density at radius 2 is 2.07 bits per heavy atom. The van der Waals surface area contributed by atoms with Crippen LogP contribution in [0.5, 0.6) is 0 Å². The molecule has 0 aromatic rings. The van der Waals surface area contributed by atoms with E-state index < -0.39 is 5.24 Å². The summed E-state index contributed by atoms with van der Waals surface area (Å²) in [6.07, 6.45) is 13.4. The molecule has 0 unspecified atom stereocenters. The molecule has 15 heavy (non-hydrogen) atoms. The molecule has 0 bridgehead atoms. The number of carbonyl (C=O) groups excluding carboxylic acids is 1. The first-order valence-corrected chi connectivity index (χ1v) is 5.16. The third-order valence-electron chi connectivity index (χ3n) is 1.54. The van der Waals surface area contributed by atoms with E-state index >= 15 is 0 Å². The van der Waals surface area contributed by atoms with Crippen LogP contribution in [0, 0.1) is 0 Å². The van der Waals surface area contributed by atoms with Gasteiger partial charge in [-0.2, -0.15) is 0 Å². The van der Waals surface area contributed by atoms with Crippen LogP contribution in [0.15, 0.2) is 48.1 Å². The zero-order valence-corrected chi connectivity index (χ0v) is 9.58. The Bertz CT molecular complexity index is 301. The Morgan fingerprint density at radius 3 is 2.60 bits per heavy atom. The number of allylic oxidation sites excluding steroid dienone is 7. The van der Waals surface area contributed by atoms with Crippen molar-refractivity contribution >= 4 is 16.8 Å². The van der Waals surface area contributed by atoms with Gasteiger partial charge in [0.1, 0.15) is 0 Å². The van der Waals surface area contributed by atoms with Gasteiger partial charge in [0.05, 0.1) is 0 Å². The molecule has 0 spiro atoms. The SMILES string of the molecule is CC=CC(=CC=CC=CCCN)C(=O)Cl. The van der Waals surface area contributed by atoms with E-state index in [1.807, 2.05) is 25.2 Å². The zero-order valence-electron chi connectivity index (χ0n) is 8.82. The minimum Gasteiger partial charge on any atom is -0.330 e. The summed E-state index contributed by atoms with van der Waals surface area (Å²) >= 11 is 5.36. The summed E-state index contributed by atoms with van der Waals surface area (Å²) in [7, 11) is 0. The highest BCUT2D eigenvalue weighted by atomic mass is 35.5. The molecule has 2 N–H and O–H groups in total. The smallest absolute Gasteiger partial charge is 0.252 e. The summed E-state index contributed by atoms with van der Waals surface area (Å²) in [5.74, 6) is 0. The first-order chi connectivity index (χ1) is 7.22. The number of halogens is 1. The summed E-state index contributed by atoms with van der Waals surface area (Å²) in [6.45, 7) is 2.47. The lowest BCUT2D eigenvalue weighted by Gasteiger charge is -1.89. The molecule has 0 amide bonds. The van der Waals surface area contributed by atoms with Crippen LogP contribution in [-0.4, -0.2) is 11.8 Å². The predicted octanol–water partition coefficient (Wildman–Crippen LogP) is 2.72. The highest BCUT2D eigenvalue weighted by Crippen LogP contribution is 2.02. The second kappa shape index (κ2) is 9.44. The van der Waals surface area contributed by atoms with Crippen LogP contribution < -0.4 is 5.73 Å². The van der Waals surface area contributed by atoms with E-state index in [1.165, 1.54) is 0 Å². The largest absolute Gasteiger partial charge is 0.330 e.